The van der Waals surface area contributed by atoms with E-state index in [1.54, 1.807) is 19.1 Å². The summed E-state index contributed by atoms with van der Waals surface area (Å²) in [7, 11) is 0. The minimum absolute atomic E-state index is 0.0234. The molecule has 1 amide bonds. The fraction of sp³-hybridized carbons (Fsp3) is 0.588. The molecule has 0 aliphatic carbocycles. The molecule has 7 nitrogen and oxygen atoms in total. The smallest absolute Gasteiger partial charge is 0.293 e. The topological polar surface area (TPSA) is 95.7 Å². The molecule has 24 heavy (non-hydrogen) atoms. The van der Waals surface area contributed by atoms with Crippen LogP contribution in [-0.2, 0) is 0 Å². The number of carbonyl (C=O) groups is 1. The highest BCUT2D eigenvalue weighted by Crippen LogP contribution is 2.31. The molecule has 0 spiro atoms. The van der Waals surface area contributed by atoms with E-state index in [-0.39, 0.29) is 23.7 Å². The lowest BCUT2D eigenvalue weighted by Gasteiger charge is -2.27. The number of hydrogen-bond acceptors (Lipinski definition) is 5. The average Bonchev–Trinajstić information content (AvgIpc) is 3.06. The van der Waals surface area contributed by atoms with E-state index in [4.69, 9.17) is 0 Å². The summed E-state index contributed by atoms with van der Waals surface area (Å²) in [5.41, 5.74) is -0.301. The van der Waals surface area contributed by atoms with Crippen molar-refractivity contribution in [1.82, 2.24) is 5.32 Å². The highest BCUT2D eigenvalue weighted by molar-refractivity contribution is 5.95. The maximum atomic E-state index is 12.3. The number of nitro benzene ring substituents is 1. The molecule has 1 aromatic carbocycles. The molecule has 1 heterocycles. The van der Waals surface area contributed by atoms with Crippen LogP contribution in [0.15, 0.2) is 18.2 Å². The Morgan fingerprint density at radius 2 is 2.04 bits per heavy atom. The Labute approximate surface area is 141 Å². The van der Waals surface area contributed by atoms with Crippen LogP contribution in [0.3, 0.4) is 0 Å². The maximum absolute atomic E-state index is 12.3. The van der Waals surface area contributed by atoms with Crippen LogP contribution in [0, 0.1) is 16.0 Å². The van der Waals surface area contributed by atoms with Crippen LogP contribution in [0.4, 0.5) is 11.4 Å². The molecule has 0 bridgehead atoms. The summed E-state index contributed by atoms with van der Waals surface area (Å²) < 4.78 is 0. The number of aliphatic hydroxyl groups is 1. The molecule has 1 fully saturated rings. The second-order valence-electron chi connectivity index (χ2n) is 6.85. The van der Waals surface area contributed by atoms with Crippen molar-refractivity contribution in [3.63, 3.8) is 0 Å². The maximum Gasteiger partial charge on any atom is 0.293 e. The van der Waals surface area contributed by atoms with Crippen LogP contribution < -0.4 is 10.2 Å². The first-order valence-electron chi connectivity index (χ1n) is 8.26. The van der Waals surface area contributed by atoms with Crippen molar-refractivity contribution < 1.29 is 14.8 Å². The zero-order valence-corrected chi connectivity index (χ0v) is 14.4. The third-order valence-corrected chi connectivity index (χ3v) is 4.73. The monoisotopic (exact) mass is 335 g/mol. The van der Waals surface area contributed by atoms with Crippen LogP contribution in [0.2, 0.25) is 0 Å². The summed E-state index contributed by atoms with van der Waals surface area (Å²) in [6.07, 6.45) is 2.04. The zero-order chi connectivity index (χ0) is 17.9. The predicted octanol–water partition coefficient (Wildman–Crippen LogP) is 2.33. The van der Waals surface area contributed by atoms with Gasteiger partial charge in [0.1, 0.15) is 5.69 Å². The van der Waals surface area contributed by atoms with E-state index in [1.165, 1.54) is 6.07 Å². The molecule has 0 aromatic heterocycles. The van der Waals surface area contributed by atoms with Gasteiger partial charge in [-0.3, -0.25) is 14.9 Å². The molecule has 1 unspecified atom stereocenters. The van der Waals surface area contributed by atoms with Crippen molar-refractivity contribution in [3.8, 4) is 0 Å². The molecule has 0 radical (unpaired) electrons. The third-order valence-electron chi connectivity index (χ3n) is 4.73. The number of anilines is 1. The van der Waals surface area contributed by atoms with Gasteiger partial charge in [0.15, 0.2) is 0 Å². The van der Waals surface area contributed by atoms with E-state index in [2.05, 4.69) is 5.32 Å². The molecule has 1 aliphatic rings. The number of hydrogen-bond donors (Lipinski definition) is 2. The Hall–Kier alpha value is -2.15. The highest BCUT2D eigenvalue weighted by Gasteiger charge is 2.27. The predicted molar refractivity (Wildman–Crippen MR) is 92.3 cm³/mol. The number of amides is 1. The van der Waals surface area contributed by atoms with Gasteiger partial charge in [0.2, 0.25) is 0 Å². The fourth-order valence-corrected chi connectivity index (χ4v) is 2.60. The second-order valence-corrected chi connectivity index (χ2v) is 6.85. The standard InChI is InChI=1S/C17H25N3O4/c1-12(2)17(3,22)11-18-16(21)13-6-7-14(15(10-13)20(23)24)19-8-4-5-9-19/h6-7,10,12,22H,4-5,8-9,11H2,1-3H3,(H,18,21). The molecule has 7 heteroatoms. The normalized spacial score (nSPS) is 17.0. The van der Waals surface area contributed by atoms with Crippen LogP contribution in [0.25, 0.3) is 0 Å². The Morgan fingerprint density at radius 3 is 2.58 bits per heavy atom. The van der Waals surface area contributed by atoms with Crippen LogP contribution in [0.5, 0.6) is 0 Å². The van der Waals surface area contributed by atoms with Crippen molar-refractivity contribution in [2.24, 2.45) is 5.92 Å². The number of benzene rings is 1. The molecule has 1 aromatic rings. The summed E-state index contributed by atoms with van der Waals surface area (Å²) >= 11 is 0. The van der Waals surface area contributed by atoms with Gasteiger partial charge in [-0.2, -0.15) is 0 Å². The Bertz CT molecular complexity index is 622. The largest absolute Gasteiger partial charge is 0.388 e. The first-order chi connectivity index (χ1) is 11.2. The zero-order valence-electron chi connectivity index (χ0n) is 14.4. The van der Waals surface area contributed by atoms with E-state index in [1.807, 2.05) is 18.7 Å². The summed E-state index contributed by atoms with van der Waals surface area (Å²) in [4.78, 5) is 25.2. The van der Waals surface area contributed by atoms with Gasteiger partial charge >= 0.3 is 0 Å². The Morgan fingerprint density at radius 1 is 1.42 bits per heavy atom. The lowest BCUT2D eigenvalue weighted by atomic mass is 9.92. The number of nitrogens with zero attached hydrogens (tertiary/aromatic N) is 2. The Kier molecular flexibility index (Phi) is 5.43. The quantitative estimate of drug-likeness (QED) is 0.614. The number of carbonyl (C=O) groups excluding carboxylic acids is 1. The van der Waals surface area contributed by atoms with Gasteiger partial charge in [-0.1, -0.05) is 13.8 Å². The number of rotatable bonds is 6. The van der Waals surface area contributed by atoms with Gasteiger partial charge < -0.3 is 15.3 Å². The van der Waals surface area contributed by atoms with Gasteiger partial charge in [-0.05, 0) is 37.8 Å². The first-order valence-corrected chi connectivity index (χ1v) is 8.26. The molecular formula is C17H25N3O4. The van der Waals surface area contributed by atoms with E-state index < -0.39 is 16.4 Å². The van der Waals surface area contributed by atoms with Crippen molar-refractivity contribution >= 4 is 17.3 Å². The molecule has 0 saturated carbocycles. The van der Waals surface area contributed by atoms with Gasteiger partial charge in [0.05, 0.1) is 10.5 Å². The third kappa shape index (κ3) is 4.03. The molecule has 1 saturated heterocycles. The lowest BCUT2D eigenvalue weighted by molar-refractivity contribution is -0.384. The molecule has 1 aliphatic heterocycles. The molecule has 2 N–H and O–H groups in total. The van der Waals surface area contributed by atoms with Gasteiger partial charge in [-0.25, -0.2) is 0 Å². The summed E-state index contributed by atoms with van der Waals surface area (Å²) in [5, 5.41) is 24.2. The van der Waals surface area contributed by atoms with E-state index in [0.717, 1.165) is 25.9 Å². The molecule has 1 atom stereocenters. The summed E-state index contributed by atoms with van der Waals surface area (Å²) in [6, 6.07) is 4.55. The van der Waals surface area contributed by atoms with Crippen LogP contribution in [-0.4, -0.2) is 41.2 Å². The minimum Gasteiger partial charge on any atom is -0.388 e. The van der Waals surface area contributed by atoms with Gasteiger partial charge in [0, 0.05) is 31.3 Å². The number of nitro groups is 1. The minimum atomic E-state index is -1.03. The number of nitrogens with one attached hydrogen (secondary N) is 1. The SMILES string of the molecule is CC(C)C(C)(O)CNC(=O)c1ccc(N2CCCC2)c([N+](=O)[O-])c1. The summed E-state index contributed by atoms with van der Waals surface area (Å²) in [6.45, 7) is 7.05. The molecule has 132 valence electrons. The van der Waals surface area contributed by atoms with Crippen molar-refractivity contribution in [2.45, 2.75) is 39.2 Å². The van der Waals surface area contributed by atoms with E-state index in [9.17, 15) is 20.0 Å². The lowest BCUT2D eigenvalue weighted by Crippen LogP contribution is -2.44. The second kappa shape index (κ2) is 7.17. The van der Waals surface area contributed by atoms with Crippen LogP contribution in [0.1, 0.15) is 44.0 Å². The molecule has 2 rings (SSSR count). The van der Waals surface area contributed by atoms with E-state index >= 15 is 0 Å². The van der Waals surface area contributed by atoms with Crippen molar-refractivity contribution in [1.29, 1.82) is 0 Å². The molecular weight excluding hydrogens is 310 g/mol. The Balaban J connectivity index is 2.17. The van der Waals surface area contributed by atoms with Gasteiger partial charge in [-0.15, -0.1) is 0 Å². The van der Waals surface area contributed by atoms with Gasteiger partial charge in [0.25, 0.3) is 11.6 Å². The van der Waals surface area contributed by atoms with Crippen molar-refractivity contribution in [3.05, 3.63) is 33.9 Å². The van der Waals surface area contributed by atoms with E-state index in [0.29, 0.717) is 5.69 Å². The first kappa shape index (κ1) is 18.2. The van der Waals surface area contributed by atoms with Crippen LogP contribution >= 0.6 is 0 Å². The summed E-state index contributed by atoms with van der Waals surface area (Å²) in [5.74, 6) is -0.448. The van der Waals surface area contributed by atoms with Crippen molar-refractivity contribution in [2.75, 3.05) is 24.5 Å². The average molecular weight is 335 g/mol. The fourth-order valence-electron chi connectivity index (χ4n) is 2.60. The highest BCUT2D eigenvalue weighted by atomic mass is 16.6.